The van der Waals surface area contributed by atoms with Crippen LogP contribution in [0.15, 0.2) is 0 Å². The number of carbonyl (C=O) groups is 2. The zero-order valence-electron chi connectivity index (χ0n) is 10.9. The number of hydrogen-bond donors (Lipinski definition) is 2. The van der Waals surface area contributed by atoms with Gasteiger partial charge in [0.25, 0.3) is 0 Å². The van der Waals surface area contributed by atoms with E-state index in [-0.39, 0.29) is 5.91 Å². The van der Waals surface area contributed by atoms with E-state index >= 15 is 0 Å². The Bertz CT molecular complexity index is 326. The van der Waals surface area contributed by atoms with Gasteiger partial charge in [0.1, 0.15) is 6.04 Å². The molecule has 102 valence electrons. The summed E-state index contributed by atoms with van der Waals surface area (Å²) in [7, 11) is 0. The molecule has 2 aliphatic heterocycles. The minimum Gasteiger partial charge on any atom is -0.480 e. The van der Waals surface area contributed by atoms with Crippen molar-refractivity contribution in [3.05, 3.63) is 0 Å². The molecule has 5 heteroatoms. The summed E-state index contributed by atoms with van der Waals surface area (Å²) in [6.45, 7) is 4.50. The van der Waals surface area contributed by atoms with Crippen LogP contribution >= 0.6 is 0 Å². The quantitative estimate of drug-likeness (QED) is 0.778. The molecule has 18 heavy (non-hydrogen) atoms. The number of nitrogens with one attached hydrogen (secondary N) is 1. The van der Waals surface area contributed by atoms with E-state index in [0.717, 1.165) is 25.9 Å². The maximum Gasteiger partial charge on any atom is 0.326 e. The maximum absolute atomic E-state index is 12.2. The van der Waals surface area contributed by atoms with Crippen molar-refractivity contribution in [2.45, 2.75) is 38.6 Å². The standard InChI is InChI=1S/C13H22N2O3/c1-9-3-5-15(11(6-9)13(17)18)12(16)7-10-2-4-14-8-10/h9-11,14H,2-8H2,1H3,(H,17,18). The minimum absolute atomic E-state index is 0.0167. The zero-order valence-corrected chi connectivity index (χ0v) is 10.9. The molecular formula is C13H22N2O3. The predicted molar refractivity (Wildman–Crippen MR) is 67.1 cm³/mol. The lowest BCUT2D eigenvalue weighted by molar-refractivity contribution is -0.153. The summed E-state index contributed by atoms with van der Waals surface area (Å²) in [6, 6.07) is -0.615. The van der Waals surface area contributed by atoms with Crippen molar-refractivity contribution in [3.8, 4) is 0 Å². The summed E-state index contributed by atoms with van der Waals surface area (Å²) in [4.78, 5) is 25.0. The van der Waals surface area contributed by atoms with Crippen LogP contribution in [0.3, 0.4) is 0 Å². The van der Waals surface area contributed by atoms with Crippen molar-refractivity contribution >= 4 is 11.9 Å². The van der Waals surface area contributed by atoms with Crippen LogP contribution in [0, 0.1) is 11.8 Å². The highest BCUT2D eigenvalue weighted by Gasteiger charge is 2.35. The summed E-state index contributed by atoms with van der Waals surface area (Å²) < 4.78 is 0. The first-order valence-corrected chi connectivity index (χ1v) is 6.81. The smallest absolute Gasteiger partial charge is 0.326 e. The molecule has 0 aromatic heterocycles. The number of rotatable bonds is 3. The van der Waals surface area contributed by atoms with Crippen LogP contribution in [0.1, 0.15) is 32.6 Å². The number of amides is 1. The van der Waals surface area contributed by atoms with Gasteiger partial charge in [-0.15, -0.1) is 0 Å². The van der Waals surface area contributed by atoms with Gasteiger partial charge in [0, 0.05) is 13.0 Å². The molecule has 5 nitrogen and oxygen atoms in total. The number of aliphatic carboxylic acids is 1. The largest absolute Gasteiger partial charge is 0.480 e. The van der Waals surface area contributed by atoms with E-state index in [1.165, 1.54) is 0 Å². The molecular weight excluding hydrogens is 232 g/mol. The van der Waals surface area contributed by atoms with E-state index in [4.69, 9.17) is 0 Å². The molecule has 0 radical (unpaired) electrons. The second-order valence-electron chi connectivity index (χ2n) is 5.63. The van der Waals surface area contributed by atoms with Gasteiger partial charge in [0.2, 0.25) is 5.91 Å². The third-order valence-corrected chi connectivity index (χ3v) is 4.10. The van der Waals surface area contributed by atoms with E-state index in [1.54, 1.807) is 4.90 Å². The van der Waals surface area contributed by atoms with Crippen molar-refractivity contribution in [2.24, 2.45) is 11.8 Å². The Morgan fingerprint density at radius 2 is 2.17 bits per heavy atom. The van der Waals surface area contributed by atoms with Gasteiger partial charge < -0.3 is 15.3 Å². The highest BCUT2D eigenvalue weighted by molar-refractivity contribution is 5.84. The van der Waals surface area contributed by atoms with E-state index in [0.29, 0.717) is 31.2 Å². The Hall–Kier alpha value is -1.10. The Morgan fingerprint density at radius 1 is 1.39 bits per heavy atom. The van der Waals surface area contributed by atoms with Crippen molar-refractivity contribution in [1.29, 1.82) is 0 Å². The van der Waals surface area contributed by atoms with Crippen LogP contribution in [-0.2, 0) is 9.59 Å². The Balaban J connectivity index is 1.95. The highest BCUT2D eigenvalue weighted by atomic mass is 16.4. The van der Waals surface area contributed by atoms with Crippen LogP contribution in [0.5, 0.6) is 0 Å². The van der Waals surface area contributed by atoms with E-state index < -0.39 is 12.0 Å². The second-order valence-corrected chi connectivity index (χ2v) is 5.63. The van der Waals surface area contributed by atoms with Crippen LogP contribution in [0.25, 0.3) is 0 Å². The number of carboxylic acid groups (broad SMARTS) is 1. The first kappa shape index (κ1) is 13.3. The molecule has 2 rings (SSSR count). The van der Waals surface area contributed by atoms with Crippen LogP contribution in [0.4, 0.5) is 0 Å². The van der Waals surface area contributed by atoms with Crippen molar-refractivity contribution in [2.75, 3.05) is 19.6 Å². The molecule has 2 N–H and O–H groups in total. The van der Waals surface area contributed by atoms with Crippen LogP contribution in [0.2, 0.25) is 0 Å². The monoisotopic (exact) mass is 254 g/mol. The summed E-state index contributed by atoms with van der Waals surface area (Å²) in [5.41, 5.74) is 0. The minimum atomic E-state index is -0.862. The average molecular weight is 254 g/mol. The number of carbonyl (C=O) groups excluding carboxylic acids is 1. The molecule has 0 saturated carbocycles. The molecule has 1 amide bonds. The Morgan fingerprint density at radius 3 is 2.78 bits per heavy atom. The van der Waals surface area contributed by atoms with Gasteiger partial charge in [-0.1, -0.05) is 6.92 Å². The number of hydrogen-bond acceptors (Lipinski definition) is 3. The lowest BCUT2D eigenvalue weighted by Crippen LogP contribution is -2.50. The lowest BCUT2D eigenvalue weighted by atomic mass is 9.91. The summed E-state index contributed by atoms with van der Waals surface area (Å²) in [5, 5.41) is 12.5. The van der Waals surface area contributed by atoms with Gasteiger partial charge >= 0.3 is 5.97 Å². The molecule has 0 spiro atoms. The normalized spacial score (nSPS) is 32.5. The number of carboxylic acids is 1. The van der Waals surface area contributed by atoms with Gasteiger partial charge in [0.15, 0.2) is 0 Å². The highest BCUT2D eigenvalue weighted by Crippen LogP contribution is 2.25. The molecule has 3 atom stereocenters. The molecule has 2 fully saturated rings. The first-order valence-electron chi connectivity index (χ1n) is 6.81. The lowest BCUT2D eigenvalue weighted by Gasteiger charge is -2.36. The second kappa shape index (κ2) is 5.69. The third kappa shape index (κ3) is 3.02. The van der Waals surface area contributed by atoms with Gasteiger partial charge in [0.05, 0.1) is 0 Å². The van der Waals surface area contributed by atoms with E-state index in [1.807, 2.05) is 0 Å². The van der Waals surface area contributed by atoms with Crippen LogP contribution < -0.4 is 5.32 Å². The Labute approximate surface area is 108 Å². The predicted octanol–water partition coefficient (Wildman–Crippen LogP) is 0.698. The number of piperidine rings is 1. The molecule has 2 saturated heterocycles. The summed E-state index contributed by atoms with van der Waals surface area (Å²) in [5.74, 6) is -0.0722. The van der Waals surface area contributed by atoms with Crippen molar-refractivity contribution in [3.63, 3.8) is 0 Å². The van der Waals surface area contributed by atoms with Crippen molar-refractivity contribution < 1.29 is 14.7 Å². The number of likely N-dealkylation sites (tertiary alicyclic amines) is 1. The fraction of sp³-hybridized carbons (Fsp3) is 0.846. The Kier molecular flexibility index (Phi) is 4.22. The third-order valence-electron chi connectivity index (χ3n) is 4.10. The molecule has 0 aromatic rings. The molecule has 0 bridgehead atoms. The topological polar surface area (TPSA) is 69.6 Å². The SMILES string of the molecule is CC1CCN(C(=O)CC2CCNC2)C(C(=O)O)C1. The summed E-state index contributed by atoms with van der Waals surface area (Å²) >= 11 is 0. The summed E-state index contributed by atoms with van der Waals surface area (Å²) in [6.07, 6.45) is 3.02. The molecule has 0 aliphatic carbocycles. The van der Waals surface area contributed by atoms with Crippen LogP contribution in [-0.4, -0.2) is 47.6 Å². The fourth-order valence-electron chi connectivity index (χ4n) is 2.93. The first-order chi connectivity index (χ1) is 8.58. The van der Waals surface area contributed by atoms with Gasteiger partial charge in [-0.2, -0.15) is 0 Å². The average Bonchev–Trinajstić information content (AvgIpc) is 2.81. The van der Waals surface area contributed by atoms with E-state index in [9.17, 15) is 14.7 Å². The fourth-order valence-corrected chi connectivity index (χ4v) is 2.93. The van der Waals surface area contributed by atoms with E-state index in [2.05, 4.69) is 12.2 Å². The van der Waals surface area contributed by atoms with Gasteiger partial charge in [-0.3, -0.25) is 4.79 Å². The molecule has 3 unspecified atom stereocenters. The maximum atomic E-state index is 12.2. The zero-order chi connectivity index (χ0) is 13.1. The van der Waals surface area contributed by atoms with Gasteiger partial charge in [-0.05, 0) is 44.2 Å². The number of nitrogens with zero attached hydrogens (tertiary/aromatic N) is 1. The molecule has 2 aliphatic rings. The molecule has 2 heterocycles. The molecule has 0 aromatic carbocycles. The van der Waals surface area contributed by atoms with Crippen molar-refractivity contribution in [1.82, 2.24) is 10.2 Å². The van der Waals surface area contributed by atoms with Gasteiger partial charge in [-0.25, -0.2) is 4.79 Å².